The van der Waals surface area contributed by atoms with Gasteiger partial charge < -0.3 is 19.5 Å². The minimum atomic E-state index is -1.36. The molecular formula is C27H30N2O6. The molecular weight excluding hydrogens is 448 g/mol. The molecule has 1 aliphatic carbocycles. The van der Waals surface area contributed by atoms with E-state index in [1.807, 2.05) is 43.3 Å². The first-order valence-corrected chi connectivity index (χ1v) is 11.6. The first-order valence-electron chi connectivity index (χ1n) is 11.6. The van der Waals surface area contributed by atoms with Crippen molar-refractivity contribution in [2.45, 2.75) is 45.1 Å². The second-order valence-electron chi connectivity index (χ2n) is 8.83. The van der Waals surface area contributed by atoms with Crippen molar-refractivity contribution in [3.05, 3.63) is 64.8 Å². The Hall–Kier alpha value is -3.81. The summed E-state index contributed by atoms with van der Waals surface area (Å²) >= 11 is 0. The molecule has 2 aromatic carbocycles. The topological polar surface area (TPSA) is 95.9 Å². The molecule has 1 N–H and O–H groups in total. The summed E-state index contributed by atoms with van der Waals surface area (Å²) in [6, 6.07) is 13.3. The van der Waals surface area contributed by atoms with E-state index in [2.05, 4.69) is 5.32 Å². The molecule has 0 fully saturated rings. The van der Waals surface area contributed by atoms with E-state index < -0.39 is 23.5 Å². The molecule has 0 unspecified atom stereocenters. The van der Waals surface area contributed by atoms with Crippen LogP contribution in [0.5, 0.6) is 5.75 Å². The molecule has 0 aliphatic heterocycles. The van der Waals surface area contributed by atoms with Crippen molar-refractivity contribution in [1.82, 2.24) is 9.88 Å². The van der Waals surface area contributed by atoms with Crippen molar-refractivity contribution in [2.75, 3.05) is 20.8 Å². The molecule has 3 aromatic rings. The third-order valence-electron chi connectivity index (χ3n) is 6.71. The van der Waals surface area contributed by atoms with E-state index in [1.54, 1.807) is 24.7 Å². The van der Waals surface area contributed by atoms with Gasteiger partial charge in [0.1, 0.15) is 11.3 Å². The number of amides is 1. The lowest BCUT2D eigenvalue weighted by molar-refractivity contribution is -0.152. The zero-order valence-electron chi connectivity index (χ0n) is 20.6. The predicted octanol–water partition coefficient (Wildman–Crippen LogP) is 3.89. The number of carbonyl (C=O) groups is 3. The van der Waals surface area contributed by atoms with Gasteiger partial charge in [0.2, 0.25) is 5.91 Å². The van der Waals surface area contributed by atoms with Gasteiger partial charge in [-0.3, -0.25) is 4.79 Å². The van der Waals surface area contributed by atoms with Gasteiger partial charge in [-0.1, -0.05) is 29.8 Å². The first kappa shape index (κ1) is 24.3. The molecule has 0 radical (unpaired) electrons. The minimum Gasteiger partial charge on any atom is -0.497 e. The van der Waals surface area contributed by atoms with Gasteiger partial charge in [-0.15, -0.1) is 0 Å². The molecule has 1 aromatic heterocycles. The van der Waals surface area contributed by atoms with Gasteiger partial charge in [0, 0.05) is 30.3 Å². The van der Waals surface area contributed by atoms with E-state index in [0.717, 1.165) is 27.8 Å². The van der Waals surface area contributed by atoms with Crippen LogP contribution in [0.2, 0.25) is 0 Å². The fourth-order valence-electron chi connectivity index (χ4n) is 5.19. The van der Waals surface area contributed by atoms with Crippen molar-refractivity contribution in [2.24, 2.45) is 0 Å². The van der Waals surface area contributed by atoms with Crippen molar-refractivity contribution < 1.29 is 28.6 Å². The summed E-state index contributed by atoms with van der Waals surface area (Å²) in [5, 5.41) is 3.69. The lowest BCUT2D eigenvalue weighted by Gasteiger charge is -2.42. The predicted molar refractivity (Wildman–Crippen MR) is 131 cm³/mol. The summed E-state index contributed by atoms with van der Waals surface area (Å²) in [6.07, 6.45) is -0.0380. The maximum absolute atomic E-state index is 13.4. The van der Waals surface area contributed by atoms with Gasteiger partial charge in [0.15, 0.2) is 0 Å². The minimum absolute atomic E-state index is 0.142. The van der Waals surface area contributed by atoms with Crippen LogP contribution < -0.4 is 10.1 Å². The number of aryl methyl sites for hydroxylation is 1. The van der Waals surface area contributed by atoms with E-state index in [-0.39, 0.29) is 18.9 Å². The largest absolute Gasteiger partial charge is 0.497 e. The Bertz CT molecular complexity index is 1290. The number of ether oxygens (including phenoxy) is 3. The fraction of sp³-hybridized carbons (Fsp3) is 0.370. The van der Waals surface area contributed by atoms with Gasteiger partial charge in [0.05, 0.1) is 26.3 Å². The molecule has 2 atom stereocenters. The third kappa shape index (κ3) is 4.13. The summed E-state index contributed by atoms with van der Waals surface area (Å²) in [5.74, 6) is -0.747. The lowest BCUT2D eigenvalue weighted by atomic mass is 9.68. The average Bonchev–Trinajstić information content (AvgIpc) is 3.15. The van der Waals surface area contributed by atoms with Crippen LogP contribution in [0.1, 0.15) is 42.1 Å². The van der Waals surface area contributed by atoms with E-state index >= 15 is 0 Å². The number of rotatable bonds is 5. The number of fused-ring (bicyclic) bond motifs is 3. The number of hydrogen-bond acceptors (Lipinski definition) is 6. The highest BCUT2D eigenvalue weighted by atomic mass is 16.5. The van der Waals surface area contributed by atoms with Crippen molar-refractivity contribution in [3.63, 3.8) is 0 Å². The maximum atomic E-state index is 13.4. The number of methoxy groups -OCH3 is 2. The van der Waals surface area contributed by atoms with E-state index in [1.165, 1.54) is 14.0 Å². The monoisotopic (exact) mass is 478 g/mol. The first-order chi connectivity index (χ1) is 16.7. The highest BCUT2D eigenvalue weighted by molar-refractivity contribution is 5.97. The molecule has 1 amide bonds. The molecule has 4 rings (SSSR count). The van der Waals surface area contributed by atoms with Crippen LogP contribution >= 0.6 is 0 Å². The number of esters is 1. The molecule has 8 heteroatoms. The van der Waals surface area contributed by atoms with E-state index in [0.29, 0.717) is 17.7 Å². The van der Waals surface area contributed by atoms with Crippen LogP contribution in [0.15, 0.2) is 42.5 Å². The van der Waals surface area contributed by atoms with Gasteiger partial charge in [0.25, 0.3) is 0 Å². The fourth-order valence-corrected chi connectivity index (χ4v) is 5.19. The van der Waals surface area contributed by atoms with Gasteiger partial charge in [-0.25, -0.2) is 14.2 Å². The molecule has 1 heterocycles. The highest BCUT2D eigenvalue weighted by Gasteiger charge is 2.53. The number of benzene rings is 2. The van der Waals surface area contributed by atoms with E-state index in [9.17, 15) is 14.4 Å². The standard InChI is InChI=1S/C27H30N2O6/c1-6-35-26(32)29-23-12-11-19(33-4)13-20(23)21-15-27(25(31)34-5,28-17(3)30)22(14-24(21)29)18-9-7-16(2)8-10-18/h7-13,22H,6,14-15H2,1-5H3,(H,28,30)/t22-,27+/m1/s1. The zero-order chi connectivity index (χ0) is 25.3. The number of carbonyl (C=O) groups excluding carboxylic acids is 3. The Kier molecular flexibility index (Phi) is 6.56. The maximum Gasteiger partial charge on any atom is 0.418 e. The molecule has 1 aliphatic rings. The van der Waals surface area contributed by atoms with Crippen LogP contribution in [0.25, 0.3) is 10.9 Å². The molecule has 8 nitrogen and oxygen atoms in total. The normalized spacial score (nSPS) is 19.1. The Morgan fingerprint density at radius 2 is 1.83 bits per heavy atom. The second kappa shape index (κ2) is 9.44. The highest BCUT2D eigenvalue weighted by Crippen LogP contribution is 2.45. The number of aromatic nitrogens is 1. The molecule has 35 heavy (non-hydrogen) atoms. The third-order valence-corrected chi connectivity index (χ3v) is 6.71. The lowest BCUT2D eigenvalue weighted by Crippen LogP contribution is -2.62. The number of nitrogens with zero attached hydrogens (tertiary/aromatic N) is 1. The Labute approximate surface area is 204 Å². The Balaban J connectivity index is 2.03. The van der Waals surface area contributed by atoms with Gasteiger partial charge in [-0.2, -0.15) is 0 Å². The second-order valence-corrected chi connectivity index (χ2v) is 8.83. The van der Waals surface area contributed by atoms with Crippen LogP contribution in [0, 0.1) is 6.92 Å². The molecule has 0 bridgehead atoms. The number of nitrogens with one attached hydrogen (secondary N) is 1. The molecule has 184 valence electrons. The van der Waals surface area contributed by atoms with Crippen molar-refractivity contribution in [3.8, 4) is 5.75 Å². The van der Waals surface area contributed by atoms with Crippen LogP contribution in [0.4, 0.5) is 4.79 Å². The van der Waals surface area contributed by atoms with Crippen molar-refractivity contribution in [1.29, 1.82) is 0 Å². The molecule has 0 spiro atoms. The number of hydrogen-bond donors (Lipinski definition) is 1. The summed E-state index contributed by atoms with van der Waals surface area (Å²) in [5.41, 5.74) is 2.73. The Morgan fingerprint density at radius 1 is 1.11 bits per heavy atom. The van der Waals surface area contributed by atoms with Gasteiger partial charge >= 0.3 is 12.1 Å². The van der Waals surface area contributed by atoms with Crippen LogP contribution in [-0.2, 0) is 31.9 Å². The van der Waals surface area contributed by atoms with Gasteiger partial charge in [-0.05, 0) is 49.6 Å². The molecule has 0 saturated heterocycles. The quantitative estimate of drug-likeness (QED) is 0.559. The average molecular weight is 479 g/mol. The summed E-state index contributed by atoms with van der Waals surface area (Å²) in [4.78, 5) is 39.0. The summed E-state index contributed by atoms with van der Waals surface area (Å²) in [6.45, 7) is 5.35. The van der Waals surface area contributed by atoms with Crippen molar-refractivity contribution >= 4 is 28.9 Å². The SMILES string of the molecule is CCOC(=O)n1c2c(c3cc(OC)ccc31)C[C@@](NC(C)=O)(C(=O)OC)[C@@H](c1ccc(C)cc1)C2. The summed E-state index contributed by atoms with van der Waals surface area (Å²) in [7, 11) is 2.89. The molecule has 0 saturated carbocycles. The Morgan fingerprint density at radius 3 is 2.43 bits per heavy atom. The smallest absolute Gasteiger partial charge is 0.418 e. The zero-order valence-corrected chi connectivity index (χ0v) is 20.6. The summed E-state index contributed by atoms with van der Waals surface area (Å²) < 4.78 is 17.7. The van der Waals surface area contributed by atoms with E-state index in [4.69, 9.17) is 14.2 Å². The van der Waals surface area contributed by atoms with Crippen LogP contribution in [0.3, 0.4) is 0 Å². The van der Waals surface area contributed by atoms with Crippen LogP contribution in [-0.4, -0.2) is 48.9 Å².